The lowest BCUT2D eigenvalue weighted by Gasteiger charge is -2.16. The van der Waals surface area contributed by atoms with E-state index in [2.05, 4.69) is 5.32 Å². The Labute approximate surface area is 157 Å². The maximum atomic E-state index is 11.4. The SMILES string of the molecule is COc1ccc2c(O[C@H]3CN[C@H](C(N)=O)C3)cc(-c3ccccc3)nc2c1. The first-order valence-electron chi connectivity index (χ1n) is 8.87. The molecule has 2 atom stereocenters. The highest BCUT2D eigenvalue weighted by atomic mass is 16.5. The summed E-state index contributed by atoms with van der Waals surface area (Å²) in [6, 6.07) is 17.3. The molecule has 27 heavy (non-hydrogen) atoms. The van der Waals surface area contributed by atoms with Crippen molar-refractivity contribution in [1.82, 2.24) is 10.3 Å². The van der Waals surface area contributed by atoms with Gasteiger partial charge in [-0.3, -0.25) is 4.79 Å². The minimum atomic E-state index is -0.351. The van der Waals surface area contributed by atoms with E-state index in [4.69, 9.17) is 20.2 Å². The molecule has 1 aliphatic rings. The number of benzene rings is 2. The molecule has 1 aliphatic heterocycles. The molecule has 6 heteroatoms. The van der Waals surface area contributed by atoms with Gasteiger partial charge in [-0.15, -0.1) is 0 Å². The van der Waals surface area contributed by atoms with Gasteiger partial charge in [0.2, 0.25) is 5.91 Å². The van der Waals surface area contributed by atoms with E-state index in [1.165, 1.54) is 0 Å². The van der Waals surface area contributed by atoms with E-state index in [9.17, 15) is 4.79 Å². The smallest absolute Gasteiger partial charge is 0.234 e. The first-order valence-corrected chi connectivity index (χ1v) is 8.87. The molecule has 4 rings (SSSR count). The highest BCUT2D eigenvalue weighted by Gasteiger charge is 2.29. The van der Waals surface area contributed by atoms with Gasteiger partial charge in [-0.05, 0) is 12.1 Å². The Hall–Kier alpha value is -3.12. The minimum Gasteiger partial charge on any atom is -0.497 e. The third kappa shape index (κ3) is 3.57. The first kappa shape index (κ1) is 17.3. The van der Waals surface area contributed by atoms with Gasteiger partial charge < -0.3 is 20.5 Å². The Kier molecular flexibility index (Phi) is 4.64. The van der Waals surface area contributed by atoms with Crippen LogP contribution in [0.5, 0.6) is 11.5 Å². The molecule has 138 valence electrons. The van der Waals surface area contributed by atoms with Crippen molar-refractivity contribution < 1.29 is 14.3 Å². The van der Waals surface area contributed by atoms with Crippen molar-refractivity contribution in [3.63, 3.8) is 0 Å². The largest absolute Gasteiger partial charge is 0.497 e. The highest BCUT2D eigenvalue weighted by molar-refractivity contribution is 5.89. The number of nitrogens with zero attached hydrogens (tertiary/aromatic N) is 1. The number of methoxy groups -OCH3 is 1. The van der Waals surface area contributed by atoms with Crippen molar-refractivity contribution in [3.05, 3.63) is 54.6 Å². The third-order valence-electron chi connectivity index (χ3n) is 4.78. The van der Waals surface area contributed by atoms with Gasteiger partial charge in [-0.1, -0.05) is 30.3 Å². The second kappa shape index (κ2) is 7.25. The Morgan fingerprint density at radius 1 is 1.19 bits per heavy atom. The summed E-state index contributed by atoms with van der Waals surface area (Å²) in [5, 5.41) is 4.00. The fourth-order valence-electron chi connectivity index (χ4n) is 3.35. The van der Waals surface area contributed by atoms with Crippen LogP contribution in [0.15, 0.2) is 54.6 Å². The van der Waals surface area contributed by atoms with Crippen LogP contribution in [0, 0.1) is 0 Å². The molecular formula is C21H21N3O3. The zero-order chi connectivity index (χ0) is 18.8. The molecule has 1 amide bonds. The van der Waals surface area contributed by atoms with E-state index < -0.39 is 0 Å². The predicted octanol–water partition coefficient (Wildman–Crippen LogP) is 2.50. The van der Waals surface area contributed by atoms with Gasteiger partial charge in [0.25, 0.3) is 0 Å². The molecule has 6 nitrogen and oxygen atoms in total. The van der Waals surface area contributed by atoms with Crippen molar-refractivity contribution in [2.75, 3.05) is 13.7 Å². The highest BCUT2D eigenvalue weighted by Crippen LogP contribution is 2.33. The number of amides is 1. The lowest BCUT2D eigenvalue weighted by atomic mass is 10.1. The molecule has 0 aliphatic carbocycles. The number of fused-ring (bicyclic) bond motifs is 1. The number of nitrogens with one attached hydrogen (secondary N) is 1. The van der Waals surface area contributed by atoms with Gasteiger partial charge >= 0.3 is 0 Å². The van der Waals surface area contributed by atoms with Crippen molar-refractivity contribution >= 4 is 16.8 Å². The van der Waals surface area contributed by atoms with Gasteiger partial charge in [-0.25, -0.2) is 4.98 Å². The van der Waals surface area contributed by atoms with Crippen LogP contribution in [0.2, 0.25) is 0 Å². The maximum Gasteiger partial charge on any atom is 0.234 e. The van der Waals surface area contributed by atoms with Crippen LogP contribution in [-0.2, 0) is 4.79 Å². The normalized spacial score (nSPS) is 19.1. The molecule has 0 saturated carbocycles. The van der Waals surface area contributed by atoms with Crippen LogP contribution < -0.4 is 20.5 Å². The minimum absolute atomic E-state index is 0.126. The van der Waals surface area contributed by atoms with Crippen molar-refractivity contribution in [1.29, 1.82) is 0 Å². The summed E-state index contributed by atoms with van der Waals surface area (Å²) in [6.45, 7) is 0.578. The number of carbonyl (C=O) groups excluding carboxylic acids is 1. The Bertz CT molecular complexity index is 975. The quantitative estimate of drug-likeness (QED) is 0.727. The lowest BCUT2D eigenvalue weighted by molar-refractivity contribution is -0.119. The van der Waals surface area contributed by atoms with E-state index in [0.29, 0.717) is 13.0 Å². The molecular weight excluding hydrogens is 342 g/mol. The van der Waals surface area contributed by atoms with Gasteiger partial charge in [0, 0.05) is 36.0 Å². The molecule has 1 fully saturated rings. The van der Waals surface area contributed by atoms with Crippen LogP contribution >= 0.6 is 0 Å². The molecule has 0 spiro atoms. The summed E-state index contributed by atoms with van der Waals surface area (Å²) in [5.41, 5.74) is 8.02. The second-order valence-corrected chi connectivity index (χ2v) is 6.59. The van der Waals surface area contributed by atoms with Crippen molar-refractivity contribution in [2.45, 2.75) is 18.6 Å². The number of aromatic nitrogens is 1. The monoisotopic (exact) mass is 363 g/mol. The van der Waals surface area contributed by atoms with Crippen LogP contribution in [-0.4, -0.2) is 36.7 Å². The van der Waals surface area contributed by atoms with Gasteiger partial charge in [0.05, 0.1) is 24.4 Å². The second-order valence-electron chi connectivity index (χ2n) is 6.59. The van der Waals surface area contributed by atoms with Crippen molar-refractivity contribution in [2.24, 2.45) is 5.73 Å². The molecule has 2 aromatic carbocycles. The molecule has 3 N–H and O–H groups in total. The van der Waals surface area contributed by atoms with Crippen LogP contribution in [0.4, 0.5) is 0 Å². The van der Waals surface area contributed by atoms with Gasteiger partial charge in [-0.2, -0.15) is 0 Å². The van der Waals surface area contributed by atoms with Gasteiger partial charge in [0.1, 0.15) is 17.6 Å². The number of hydrogen-bond donors (Lipinski definition) is 2. The standard InChI is InChI=1S/C21H21N3O3/c1-26-14-7-8-16-18(9-14)24-17(13-5-3-2-4-6-13)11-20(16)27-15-10-19(21(22)25)23-12-15/h2-9,11,15,19,23H,10,12H2,1H3,(H2,22,25)/t15-,19+/m1/s1. The molecule has 2 heterocycles. The molecule has 0 unspecified atom stereocenters. The molecule has 0 bridgehead atoms. The lowest BCUT2D eigenvalue weighted by Crippen LogP contribution is -2.36. The Morgan fingerprint density at radius 2 is 2.00 bits per heavy atom. The summed E-state index contributed by atoms with van der Waals surface area (Å²) in [6.07, 6.45) is 0.425. The molecule has 0 radical (unpaired) electrons. The number of carbonyl (C=O) groups is 1. The first-order chi connectivity index (χ1) is 13.1. The Morgan fingerprint density at radius 3 is 2.70 bits per heavy atom. The summed E-state index contributed by atoms with van der Waals surface area (Å²) in [5.74, 6) is 1.12. The van der Waals surface area contributed by atoms with E-state index in [-0.39, 0.29) is 18.1 Å². The average molecular weight is 363 g/mol. The predicted molar refractivity (Wildman–Crippen MR) is 104 cm³/mol. The molecule has 1 aromatic heterocycles. The fraction of sp³-hybridized carbons (Fsp3) is 0.238. The summed E-state index contributed by atoms with van der Waals surface area (Å²) in [4.78, 5) is 16.2. The number of rotatable bonds is 5. The topological polar surface area (TPSA) is 86.5 Å². The van der Waals surface area contributed by atoms with E-state index in [0.717, 1.165) is 33.7 Å². The third-order valence-corrected chi connectivity index (χ3v) is 4.78. The van der Waals surface area contributed by atoms with Crippen LogP contribution in [0.3, 0.4) is 0 Å². The Balaban J connectivity index is 1.74. The summed E-state index contributed by atoms with van der Waals surface area (Å²) < 4.78 is 11.6. The van der Waals surface area contributed by atoms with Gasteiger partial charge in [0.15, 0.2) is 0 Å². The zero-order valence-electron chi connectivity index (χ0n) is 15.0. The molecule has 3 aromatic rings. The number of nitrogens with two attached hydrogens (primary N) is 1. The summed E-state index contributed by atoms with van der Waals surface area (Å²) in [7, 11) is 1.63. The van der Waals surface area contributed by atoms with Crippen LogP contribution in [0.1, 0.15) is 6.42 Å². The number of hydrogen-bond acceptors (Lipinski definition) is 5. The van der Waals surface area contributed by atoms with E-state index in [1.54, 1.807) is 7.11 Å². The zero-order valence-corrected chi connectivity index (χ0v) is 15.0. The maximum absolute atomic E-state index is 11.4. The number of pyridine rings is 1. The van der Waals surface area contributed by atoms with Crippen molar-refractivity contribution in [3.8, 4) is 22.8 Å². The average Bonchev–Trinajstić information content (AvgIpc) is 3.17. The van der Waals surface area contributed by atoms with Crippen LogP contribution in [0.25, 0.3) is 22.2 Å². The number of ether oxygens (including phenoxy) is 2. The van der Waals surface area contributed by atoms with E-state index >= 15 is 0 Å². The number of primary amides is 1. The molecule has 1 saturated heterocycles. The summed E-state index contributed by atoms with van der Waals surface area (Å²) >= 11 is 0. The fourth-order valence-corrected chi connectivity index (χ4v) is 3.35. The van der Waals surface area contributed by atoms with E-state index in [1.807, 2.05) is 54.6 Å².